The van der Waals surface area contributed by atoms with Gasteiger partial charge in [0.05, 0.1) is 0 Å². The van der Waals surface area contributed by atoms with Gasteiger partial charge in [0.15, 0.2) is 0 Å². The number of aryl methyl sites for hydroxylation is 1. The van der Waals surface area contributed by atoms with Gasteiger partial charge in [-0.3, -0.25) is 5.10 Å². The van der Waals surface area contributed by atoms with E-state index in [1.807, 2.05) is 17.9 Å². The predicted octanol–water partition coefficient (Wildman–Crippen LogP) is 2.93. The summed E-state index contributed by atoms with van der Waals surface area (Å²) < 4.78 is 0. The Hall–Kier alpha value is -1.45. The number of aromatic nitrogens is 5. The highest BCUT2D eigenvalue weighted by atomic mass is 127. The minimum Gasteiger partial charge on any atom is -0.341 e. The number of nitrogens with one attached hydrogen (secondary N) is 2. The molecule has 8 heteroatoms. The minimum absolute atomic E-state index is 0.527. The van der Waals surface area contributed by atoms with Crippen molar-refractivity contribution in [3.63, 3.8) is 0 Å². The summed E-state index contributed by atoms with van der Waals surface area (Å²) >= 11 is 2.15. The average molecular weight is 415 g/mol. The van der Waals surface area contributed by atoms with E-state index in [4.69, 9.17) is 0 Å². The third-order valence-corrected chi connectivity index (χ3v) is 3.55. The zero-order chi connectivity index (χ0) is 15.9. The molecule has 7 nitrogen and oxygen atoms in total. The highest BCUT2D eigenvalue weighted by Crippen LogP contribution is 2.21. The maximum atomic E-state index is 4.54. The number of hydrogen-bond donors (Lipinski definition) is 2. The summed E-state index contributed by atoms with van der Waals surface area (Å²) in [5.41, 5.74) is 0. The Bertz CT molecular complexity index is 578. The number of anilines is 3. The predicted molar refractivity (Wildman–Crippen MR) is 97.0 cm³/mol. The number of nitrogens with zero attached hydrogens (tertiary/aromatic N) is 5. The molecule has 22 heavy (non-hydrogen) atoms. The lowest BCUT2D eigenvalue weighted by Crippen LogP contribution is -2.34. The molecule has 0 saturated carbocycles. The first kappa shape index (κ1) is 16.9. The Morgan fingerprint density at radius 1 is 1.27 bits per heavy atom. The van der Waals surface area contributed by atoms with E-state index >= 15 is 0 Å². The molecule has 3 rings (SSSR count). The molecular weight excluding hydrogens is 393 g/mol. The number of piperidine rings is 1. The first-order valence-corrected chi connectivity index (χ1v) is 9.48. The van der Waals surface area contributed by atoms with Crippen molar-refractivity contribution in [1.82, 2.24) is 25.1 Å². The first-order valence-electron chi connectivity index (χ1n) is 7.32. The van der Waals surface area contributed by atoms with E-state index in [1.54, 1.807) is 6.20 Å². The fourth-order valence-corrected chi connectivity index (χ4v) is 2.29. The molecule has 0 bridgehead atoms. The molecule has 120 valence electrons. The van der Waals surface area contributed by atoms with Gasteiger partial charge in [0.2, 0.25) is 11.9 Å². The zero-order valence-corrected chi connectivity index (χ0v) is 15.3. The monoisotopic (exact) mass is 415 g/mol. The third-order valence-electron chi connectivity index (χ3n) is 3.55. The van der Waals surface area contributed by atoms with Crippen LogP contribution in [0, 0.1) is 12.8 Å². The van der Waals surface area contributed by atoms with Crippen molar-refractivity contribution >= 4 is 40.3 Å². The van der Waals surface area contributed by atoms with Crippen molar-refractivity contribution in [3.8, 4) is 0 Å². The molecule has 2 aromatic rings. The summed E-state index contributed by atoms with van der Waals surface area (Å²) in [5, 5.41) is 9.92. The Kier molecular flexibility index (Phi) is 6.34. The smallest absolute Gasteiger partial charge is 0.247 e. The van der Waals surface area contributed by atoms with Crippen LogP contribution < -0.4 is 10.2 Å². The molecule has 0 aliphatic carbocycles. The maximum absolute atomic E-state index is 4.54. The topological polar surface area (TPSA) is 82.6 Å². The standard InChI is InChI=1S/C13H19N7.CH3I/c1-9-4-7-20(8-5-9)13-14-6-3-11(17-13)16-12-15-10(2)18-19-12;1-2/h3,6,9H,4-5,7-8H2,1-2H3,(H2,14,15,16,17,18,19);1H3. The van der Waals surface area contributed by atoms with Crippen molar-refractivity contribution < 1.29 is 0 Å². The SMILES string of the molecule is CI.Cc1nc(Nc2ccnc(N3CCC(C)CC3)n2)n[nH]1. The Morgan fingerprint density at radius 3 is 2.64 bits per heavy atom. The quantitative estimate of drug-likeness (QED) is 0.593. The molecule has 1 saturated heterocycles. The molecule has 0 atom stereocenters. The van der Waals surface area contributed by atoms with Crippen LogP contribution in [0.25, 0.3) is 0 Å². The highest BCUT2D eigenvalue weighted by Gasteiger charge is 2.18. The lowest BCUT2D eigenvalue weighted by molar-refractivity contribution is 0.434. The van der Waals surface area contributed by atoms with Crippen molar-refractivity contribution in [1.29, 1.82) is 0 Å². The van der Waals surface area contributed by atoms with Crippen molar-refractivity contribution in [2.75, 3.05) is 28.2 Å². The van der Waals surface area contributed by atoms with E-state index < -0.39 is 0 Å². The lowest BCUT2D eigenvalue weighted by atomic mass is 10.00. The van der Waals surface area contributed by atoms with Crippen LogP contribution in [-0.2, 0) is 0 Å². The summed E-state index contributed by atoms with van der Waals surface area (Å²) in [5.74, 6) is 3.58. The normalized spacial score (nSPS) is 15.2. The van der Waals surface area contributed by atoms with Gasteiger partial charge in [-0.05, 0) is 36.7 Å². The maximum Gasteiger partial charge on any atom is 0.247 e. The lowest BCUT2D eigenvalue weighted by Gasteiger charge is -2.30. The van der Waals surface area contributed by atoms with E-state index in [-0.39, 0.29) is 0 Å². The second-order valence-corrected chi connectivity index (χ2v) is 5.28. The molecule has 2 N–H and O–H groups in total. The molecule has 3 heterocycles. The average Bonchev–Trinajstić information content (AvgIpc) is 2.95. The molecule has 0 unspecified atom stereocenters. The van der Waals surface area contributed by atoms with E-state index in [0.717, 1.165) is 30.8 Å². The van der Waals surface area contributed by atoms with Crippen LogP contribution in [-0.4, -0.2) is 43.2 Å². The van der Waals surface area contributed by atoms with E-state index in [0.29, 0.717) is 11.8 Å². The molecule has 0 amide bonds. The highest BCUT2D eigenvalue weighted by molar-refractivity contribution is 14.1. The van der Waals surface area contributed by atoms with Gasteiger partial charge in [-0.1, -0.05) is 29.5 Å². The Morgan fingerprint density at radius 2 is 2.00 bits per heavy atom. The molecular formula is C14H22IN7. The van der Waals surface area contributed by atoms with Crippen LogP contribution in [0.5, 0.6) is 0 Å². The summed E-state index contributed by atoms with van der Waals surface area (Å²) in [4.78, 5) is 17.3. The largest absolute Gasteiger partial charge is 0.341 e. The van der Waals surface area contributed by atoms with Crippen molar-refractivity contribution in [2.45, 2.75) is 26.7 Å². The number of hydrogen-bond acceptors (Lipinski definition) is 6. The summed E-state index contributed by atoms with van der Waals surface area (Å²) in [6, 6.07) is 1.82. The van der Waals surface area contributed by atoms with E-state index in [9.17, 15) is 0 Å². The molecule has 0 aromatic carbocycles. The van der Waals surface area contributed by atoms with Crippen LogP contribution in [0.3, 0.4) is 0 Å². The van der Waals surface area contributed by atoms with Crippen molar-refractivity contribution in [2.24, 2.45) is 5.92 Å². The van der Waals surface area contributed by atoms with Gasteiger partial charge in [-0.15, -0.1) is 5.10 Å². The number of aromatic amines is 1. The van der Waals surface area contributed by atoms with E-state index in [1.165, 1.54) is 12.8 Å². The van der Waals surface area contributed by atoms with Gasteiger partial charge in [-0.25, -0.2) is 4.98 Å². The summed E-state index contributed by atoms with van der Waals surface area (Å²) in [7, 11) is 0. The minimum atomic E-state index is 0.527. The van der Waals surface area contributed by atoms with Crippen LogP contribution in [0.15, 0.2) is 12.3 Å². The molecule has 1 fully saturated rings. The Labute approximate surface area is 144 Å². The number of H-pyrrole nitrogens is 1. The second kappa shape index (κ2) is 8.25. The second-order valence-electron chi connectivity index (χ2n) is 5.28. The fourth-order valence-electron chi connectivity index (χ4n) is 2.29. The first-order chi connectivity index (χ1) is 10.7. The van der Waals surface area contributed by atoms with Crippen LogP contribution in [0.2, 0.25) is 0 Å². The fraction of sp³-hybridized carbons (Fsp3) is 0.571. The molecule has 0 spiro atoms. The van der Waals surface area contributed by atoms with Gasteiger partial charge in [-0.2, -0.15) is 9.97 Å². The number of rotatable bonds is 3. The number of alkyl halides is 1. The van der Waals surface area contributed by atoms with Gasteiger partial charge >= 0.3 is 0 Å². The summed E-state index contributed by atoms with van der Waals surface area (Å²) in [6.45, 7) is 6.19. The van der Waals surface area contributed by atoms with Crippen molar-refractivity contribution in [3.05, 3.63) is 18.1 Å². The van der Waals surface area contributed by atoms with E-state index in [2.05, 4.69) is 64.9 Å². The van der Waals surface area contributed by atoms with Gasteiger partial charge in [0.25, 0.3) is 0 Å². The van der Waals surface area contributed by atoms with Gasteiger partial charge in [0, 0.05) is 19.3 Å². The number of halogens is 1. The van der Waals surface area contributed by atoms with Crippen LogP contribution in [0.4, 0.5) is 17.7 Å². The molecule has 0 radical (unpaired) electrons. The third kappa shape index (κ3) is 4.52. The summed E-state index contributed by atoms with van der Waals surface area (Å²) in [6.07, 6.45) is 4.16. The molecule has 1 aliphatic heterocycles. The van der Waals surface area contributed by atoms with Crippen LogP contribution in [0.1, 0.15) is 25.6 Å². The Balaban J connectivity index is 0.000000847. The van der Waals surface area contributed by atoms with Crippen LogP contribution >= 0.6 is 22.6 Å². The zero-order valence-electron chi connectivity index (χ0n) is 13.2. The molecule has 2 aromatic heterocycles. The molecule has 1 aliphatic rings. The van der Waals surface area contributed by atoms with Gasteiger partial charge in [0.1, 0.15) is 11.6 Å². The van der Waals surface area contributed by atoms with Gasteiger partial charge < -0.3 is 10.2 Å².